The lowest BCUT2D eigenvalue weighted by Gasteiger charge is -2.07. The SMILES string of the molecule is CCOC(=O)c1c(NC(=O)c2oc3ccc(CC)cc3c2C)sc2c1CCC2. The van der Waals surface area contributed by atoms with E-state index in [2.05, 4.69) is 18.3 Å². The highest BCUT2D eigenvalue weighted by Crippen LogP contribution is 2.40. The summed E-state index contributed by atoms with van der Waals surface area (Å²) in [5.74, 6) is -0.421. The van der Waals surface area contributed by atoms with E-state index in [1.165, 1.54) is 16.9 Å². The number of anilines is 1. The van der Waals surface area contributed by atoms with Gasteiger partial charge in [0, 0.05) is 15.8 Å². The number of furan rings is 1. The van der Waals surface area contributed by atoms with Gasteiger partial charge in [-0.05, 0) is 62.8 Å². The second-order valence-corrected chi connectivity index (χ2v) is 8.08. The third-order valence-electron chi connectivity index (χ3n) is 5.24. The van der Waals surface area contributed by atoms with E-state index in [4.69, 9.17) is 9.15 Å². The number of ether oxygens (including phenoxy) is 1. The van der Waals surface area contributed by atoms with E-state index in [0.717, 1.165) is 47.1 Å². The highest BCUT2D eigenvalue weighted by Gasteiger charge is 2.29. The summed E-state index contributed by atoms with van der Waals surface area (Å²) in [6.07, 6.45) is 3.74. The van der Waals surface area contributed by atoms with Crippen LogP contribution in [0.25, 0.3) is 11.0 Å². The predicted molar refractivity (Wildman–Crippen MR) is 111 cm³/mol. The van der Waals surface area contributed by atoms with E-state index in [-0.39, 0.29) is 17.6 Å². The molecular formula is C22H23NO4S. The van der Waals surface area contributed by atoms with Gasteiger partial charge in [-0.1, -0.05) is 13.0 Å². The van der Waals surface area contributed by atoms with Crippen LogP contribution in [0, 0.1) is 6.92 Å². The molecule has 28 heavy (non-hydrogen) atoms. The molecular weight excluding hydrogens is 374 g/mol. The van der Waals surface area contributed by atoms with E-state index in [1.54, 1.807) is 6.92 Å². The molecule has 4 rings (SSSR count). The van der Waals surface area contributed by atoms with Crippen LogP contribution in [0.4, 0.5) is 5.00 Å². The Morgan fingerprint density at radius 3 is 2.82 bits per heavy atom. The zero-order chi connectivity index (χ0) is 19.8. The Labute approximate surface area is 167 Å². The Kier molecular flexibility index (Phi) is 4.98. The molecule has 0 unspecified atom stereocenters. The van der Waals surface area contributed by atoms with Gasteiger partial charge in [-0.15, -0.1) is 11.3 Å². The van der Waals surface area contributed by atoms with Crippen molar-refractivity contribution in [3.05, 3.63) is 51.1 Å². The van der Waals surface area contributed by atoms with Crippen molar-refractivity contribution in [2.24, 2.45) is 0 Å². The van der Waals surface area contributed by atoms with Gasteiger partial charge in [0.25, 0.3) is 5.91 Å². The van der Waals surface area contributed by atoms with Crippen molar-refractivity contribution in [1.82, 2.24) is 0 Å². The fourth-order valence-corrected chi connectivity index (χ4v) is 5.05. The molecule has 2 heterocycles. The first kappa shape index (κ1) is 18.7. The molecule has 5 nitrogen and oxygen atoms in total. The van der Waals surface area contributed by atoms with Crippen molar-refractivity contribution in [3.63, 3.8) is 0 Å². The van der Waals surface area contributed by atoms with Crippen LogP contribution in [0.15, 0.2) is 22.6 Å². The average molecular weight is 397 g/mol. The monoisotopic (exact) mass is 397 g/mol. The van der Waals surface area contributed by atoms with Gasteiger partial charge in [-0.2, -0.15) is 0 Å². The molecule has 146 valence electrons. The van der Waals surface area contributed by atoms with Gasteiger partial charge in [-0.3, -0.25) is 4.79 Å². The lowest BCUT2D eigenvalue weighted by atomic mass is 10.1. The predicted octanol–water partition coefficient (Wildman–Crippen LogP) is 5.28. The molecule has 0 atom stereocenters. The number of hydrogen-bond acceptors (Lipinski definition) is 5. The summed E-state index contributed by atoms with van der Waals surface area (Å²) in [6, 6.07) is 5.98. The van der Waals surface area contributed by atoms with Crippen molar-refractivity contribution in [3.8, 4) is 0 Å². The van der Waals surface area contributed by atoms with Crippen LogP contribution in [-0.2, 0) is 24.0 Å². The van der Waals surface area contributed by atoms with Crippen molar-refractivity contribution in [2.75, 3.05) is 11.9 Å². The number of esters is 1. The second kappa shape index (κ2) is 7.43. The Morgan fingerprint density at radius 2 is 2.07 bits per heavy atom. The van der Waals surface area contributed by atoms with Crippen molar-refractivity contribution in [1.29, 1.82) is 0 Å². The molecule has 0 saturated carbocycles. The average Bonchev–Trinajstić information content (AvgIpc) is 3.34. The Hall–Kier alpha value is -2.60. The lowest BCUT2D eigenvalue weighted by molar-refractivity contribution is 0.0527. The maximum atomic E-state index is 13.0. The van der Waals surface area contributed by atoms with Crippen molar-refractivity contribution < 1.29 is 18.7 Å². The largest absolute Gasteiger partial charge is 0.462 e. The summed E-state index contributed by atoms with van der Waals surface area (Å²) in [7, 11) is 0. The molecule has 1 aromatic carbocycles. The minimum absolute atomic E-state index is 0.284. The maximum Gasteiger partial charge on any atom is 0.341 e. The van der Waals surface area contributed by atoms with E-state index in [9.17, 15) is 9.59 Å². The minimum atomic E-state index is -0.369. The quantitative estimate of drug-likeness (QED) is 0.595. The zero-order valence-electron chi connectivity index (χ0n) is 16.3. The molecule has 1 N–H and O–H groups in total. The first-order valence-electron chi connectivity index (χ1n) is 9.68. The summed E-state index contributed by atoms with van der Waals surface area (Å²) >= 11 is 1.47. The van der Waals surface area contributed by atoms with E-state index in [0.29, 0.717) is 22.8 Å². The van der Waals surface area contributed by atoms with E-state index in [1.807, 2.05) is 19.1 Å². The number of nitrogens with one attached hydrogen (secondary N) is 1. The van der Waals surface area contributed by atoms with Crippen molar-refractivity contribution >= 4 is 39.2 Å². The highest BCUT2D eigenvalue weighted by atomic mass is 32.1. The number of amides is 1. The summed E-state index contributed by atoms with van der Waals surface area (Å²) in [5, 5.41) is 4.42. The number of aryl methyl sites for hydroxylation is 3. The molecule has 0 fully saturated rings. The summed E-state index contributed by atoms with van der Waals surface area (Å²) in [6.45, 7) is 6.07. The number of fused-ring (bicyclic) bond motifs is 2. The number of carbonyl (C=O) groups is 2. The minimum Gasteiger partial charge on any atom is -0.462 e. The molecule has 0 bridgehead atoms. The summed E-state index contributed by atoms with van der Waals surface area (Å²) < 4.78 is 11.1. The fourth-order valence-electron chi connectivity index (χ4n) is 3.78. The third kappa shape index (κ3) is 3.11. The standard InChI is InChI=1S/C22H23NO4S/c1-4-13-9-10-16-15(11-13)12(3)19(27-16)20(24)23-21-18(22(25)26-5-2)14-7-6-8-17(14)28-21/h9-11H,4-8H2,1-3H3,(H,23,24). The van der Waals surface area contributed by atoms with Crippen LogP contribution in [0.5, 0.6) is 0 Å². The molecule has 0 radical (unpaired) electrons. The van der Waals surface area contributed by atoms with Gasteiger partial charge in [0.2, 0.25) is 0 Å². The van der Waals surface area contributed by atoms with Gasteiger partial charge in [0.1, 0.15) is 10.6 Å². The van der Waals surface area contributed by atoms with Gasteiger partial charge in [0.05, 0.1) is 12.2 Å². The maximum absolute atomic E-state index is 13.0. The van der Waals surface area contributed by atoms with Crippen LogP contribution < -0.4 is 5.32 Å². The Bertz CT molecular complexity index is 1080. The molecule has 0 aliphatic heterocycles. The van der Waals surface area contributed by atoms with Crippen LogP contribution in [0.2, 0.25) is 0 Å². The molecule has 0 spiro atoms. The van der Waals surface area contributed by atoms with E-state index >= 15 is 0 Å². The summed E-state index contributed by atoms with van der Waals surface area (Å²) in [4.78, 5) is 26.6. The van der Waals surface area contributed by atoms with Gasteiger partial charge < -0.3 is 14.5 Å². The Balaban J connectivity index is 1.69. The normalized spacial score (nSPS) is 13.0. The molecule has 0 saturated heterocycles. The van der Waals surface area contributed by atoms with Gasteiger partial charge >= 0.3 is 5.97 Å². The van der Waals surface area contributed by atoms with Crippen LogP contribution in [-0.4, -0.2) is 18.5 Å². The van der Waals surface area contributed by atoms with Crippen LogP contribution in [0.1, 0.15) is 62.7 Å². The first-order valence-corrected chi connectivity index (χ1v) is 10.5. The smallest absolute Gasteiger partial charge is 0.341 e. The zero-order valence-corrected chi connectivity index (χ0v) is 17.1. The summed E-state index contributed by atoms with van der Waals surface area (Å²) in [5.41, 5.74) is 4.23. The molecule has 6 heteroatoms. The van der Waals surface area contributed by atoms with Crippen LogP contribution >= 0.6 is 11.3 Å². The number of benzene rings is 1. The van der Waals surface area contributed by atoms with E-state index < -0.39 is 0 Å². The molecule has 3 aromatic rings. The van der Waals surface area contributed by atoms with Crippen LogP contribution in [0.3, 0.4) is 0 Å². The third-order valence-corrected chi connectivity index (χ3v) is 6.45. The number of hydrogen-bond donors (Lipinski definition) is 1. The number of carbonyl (C=O) groups excluding carboxylic acids is 2. The number of rotatable bonds is 5. The topological polar surface area (TPSA) is 68.5 Å². The first-order chi connectivity index (χ1) is 13.5. The van der Waals surface area contributed by atoms with Crippen molar-refractivity contribution in [2.45, 2.75) is 46.5 Å². The second-order valence-electron chi connectivity index (χ2n) is 6.98. The number of thiophene rings is 1. The molecule has 1 aliphatic carbocycles. The molecule has 2 aromatic heterocycles. The molecule has 1 aliphatic rings. The molecule has 1 amide bonds. The fraction of sp³-hybridized carbons (Fsp3) is 0.364. The van der Waals surface area contributed by atoms with Gasteiger partial charge in [-0.25, -0.2) is 4.79 Å². The Morgan fingerprint density at radius 1 is 1.25 bits per heavy atom. The highest BCUT2D eigenvalue weighted by molar-refractivity contribution is 7.17. The lowest BCUT2D eigenvalue weighted by Crippen LogP contribution is -2.15. The van der Waals surface area contributed by atoms with Gasteiger partial charge in [0.15, 0.2) is 5.76 Å².